The number of methoxy groups -OCH3 is 1. The first kappa shape index (κ1) is 16.2. The molecule has 0 spiro atoms. The van der Waals surface area contributed by atoms with Gasteiger partial charge in [0.05, 0.1) is 5.56 Å². The number of hydrogen-bond acceptors (Lipinski definition) is 4. The Balaban J connectivity index is 1.78. The van der Waals surface area contributed by atoms with Crippen molar-refractivity contribution in [2.45, 2.75) is 20.0 Å². The maximum atomic E-state index is 12.4. The van der Waals surface area contributed by atoms with Crippen LogP contribution in [0.4, 0.5) is 5.95 Å². The minimum Gasteiger partial charge on any atom is -0.371 e. The lowest BCUT2D eigenvalue weighted by molar-refractivity contribution is -0.128. The summed E-state index contributed by atoms with van der Waals surface area (Å²) in [5, 5.41) is 0. The van der Waals surface area contributed by atoms with Crippen molar-refractivity contribution in [2.75, 3.05) is 18.6 Å². The van der Waals surface area contributed by atoms with Crippen LogP contribution in [0.5, 0.6) is 0 Å². The van der Waals surface area contributed by atoms with Gasteiger partial charge in [-0.15, -0.1) is 0 Å². The Hall–Kier alpha value is -2.71. The summed E-state index contributed by atoms with van der Waals surface area (Å²) in [5.41, 5.74) is 1.36. The molecule has 5 heteroatoms. The van der Waals surface area contributed by atoms with E-state index in [-0.39, 0.29) is 11.3 Å². The number of rotatable bonds is 2. The summed E-state index contributed by atoms with van der Waals surface area (Å²) in [4.78, 5) is 22.6. The number of amides is 1. The van der Waals surface area contributed by atoms with Crippen molar-refractivity contribution in [2.24, 2.45) is 5.41 Å². The first-order valence-corrected chi connectivity index (χ1v) is 7.74. The molecule has 1 aromatic carbocycles. The summed E-state index contributed by atoms with van der Waals surface area (Å²) < 4.78 is 5.33. The predicted molar refractivity (Wildman–Crippen MR) is 91.4 cm³/mol. The molecule has 1 fully saturated rings. The smallest absolute Gasteiger partial charge is 0.259 e. The number of hydrogen-bond donors (Lipinski definition) is 0. The number of carbonyl (C=O) groups is 1. The summed E-state index contributed by atoms with van der Waals surface area (Å²) in [6.45, 7) is 4.52. The highest BCUT2D eigenvalue weighted by Gasteiger charge is 2.47. The van der Waals surface area contributed by atoms with Crippen LogP contribution in [-0.2, 0) is 9.53 Å². The Morgan fingerprint density at radius 2 is 1.75 bits per heavy atom. The largest absolute Gasteiger partial charge is 0.371 e. The number of benzene rings is 1. The summed E-state index contributed by atoms with van der Waals surface area (Å²) in [6.07, 6.45) is 2.80. The molecule has 2 aromatic rings. The van der Waals surface area contributed by atoms with Gasteiger partial charge in [-0.25, -0.2) is 9.97 Å². The number of nitrogens with zero attached hydrogens (tertiary/aromatic N) is 3. The molecule has 1 saturated heterocycles. The molecule has 0 saturated carbocycles. The van der Waals surface area contributed by atoms with E-state index in [2.05, 4.69) is 21.8 Å². The Bertz CT molecular complexity index is 789. The van der Waals surface area contributed by atoms with Crippen molar-refractivity contribution in [3.05, 3.63) is 53.9 Å². The molecule has 24 heavy (non-hydrogen) atoms. The molecular formula is C19H19N3O2. The lowest BCUT2D eigenvalue weighted by Gasteiger charge is -2.21. The second-order valence-electron chi connectivity index (χ2n) is 6.42. The molecule has 1 amide bonds. The predicted octanol–water partition coefficient (Wildman–Crippen LogP) is 2.26. The first-order chi connectivity index (χ1) is 11.5. The summed E-state index contributed by atoms with van der Waals surface area (Å²) in [7, 11) is 1.55. The van der Waals surface area contributed by atoms with Gasteiger partial charge < -0.3 is 4.74 Å². The lowest BCUT2D eigenvalue weighted by atomic mass is 9.90. The van der Waals surface area contributed by atoms with Crippen LogP contribution in [0.15, 0.2) is 42.7 Å². The lowest BCUT2D eigenvalue weighted by Crippen LogP contribution is -2.33. The third-order valence-electron chi connectivity index (χ3n) is 4.01. The van der Waals surface area contributed by atoms with E-state index in [0.717, 1.165) is 5.56 Å². The van der Waals surface area contributed by atoms with Gasteiger partial charge >= 0.3 is 0 Å². The van der Waals surface area contributed by atoms with Gasteiger partial charge in [-0.3, -0.25) is 9.69 Å². The zero-order valence-corrected chi connectivity index (χ0v) is 14.0. The molecule has 1 atom stereocenters. The van der Waals surface area contributed by atoms with Crippen molar-refractivity contribution in [1.29, 1.82) is 0 Å². The fourth-order valence-corrected chi connectivity index (χ4v) is 2.82. The van der Waals surface area contributed by atoms with E-state index >= 15 is 0 Å². The second-order valence-corrected chi connectivity index (χ2v) is 6.42. The van der Waals surface area contributed by atoms with Crippen LogP contribution in [0.2, 0.25) is 0 Å². The molecule has 2 heterocycles. The summed E-state index contributed by atoms with van der Waals surface area (Å²) in [5.74, 6) is 6.36. The molecule has 0 radical (unpaired) electrons. The average Bonchev–Trinajstić information content (AvgIpc) is 2.83. The van der Waals surface area contributed by atoms with Crippen molar-refractivity contribution in [3.63, 3.8) is 0 Å². The molecular weight excluding hydrogens is 302 g/mol. The maximum Gasteiger partial charge on any atom is 0.259 e. The van der Waals surface area contributed by atoms with E-state index in [1.165, 1.54) is 0 Å². The molecule has 1 aliphatic heterocycles. The fourth-order valence-electron chi connectivity index (χ4n) is 2.82. The number of aromatic nitrogens is 2. The monoisotopic (exact) mass is 321 g/mol. The van der Waals surface area contributed by atoms with Gasteiger partial charge in [0.15, 0.2) is 0 Å². The van der Waals surface area contributed by atoms with E-state index in [4.69, 9.17) is 4.74 Å². The Morgan fingerprint density at radius 1 is 1.12 bits per heavy atom. The van der Waals surface area contributed by atoms with Crippen LogP contribution in [0, 0.1) is 17.3 Å². The van der Waals surface area contributed by atoms with E-state index in [0.29, 0.717) is 18.1 Å². The Kier molecular flexibility index (Phi) is 4.32. The highest BCUT2D eigenvalue weighted by Crippen LogP contribution is 2.34. The molecule has 0 aliphatic carbocycles. The number of ether oxygens (including phenoxy) is 1. The van der Waals surface area contributed by atoms with E-state index < -0.39 is 6.10 Å². The van der Waals surface area contributed by atoms with Gasteiger partial charge in [0.1, 0.15) is 6.10 Å². The molecule has 0 bridgehead atoms. The van der Waals surface area contributed by atoms with Crippen LogP contribution < -0.4 is 4.90 Å². The van der Waals surface area contributed by atoms with Gasteiger partial charge in [0, 0.05) is 37.0 Å². The minimum atomic E-state index is -0.473. The number of anilines is 1. The topological polar surface area (TPSA) is 55.3 Å². The molecule has 0 N–H and O–H groups in total. The fraction of sp³-hybridized carbons (Fsp3) is 0.316. The van der Waals surface area contributed by atoms with Gasteiger partial charge in [-0.2, -0.15) is 0 Å². The molecule has 1 aliphatic rings. The molecule has 0 unspecified atom stereocenters. The van der Waals surface area contributed by atoms with Crippen LogP contribution in [-0.4, -0.2) is 35.6 Å². The third-order valence-corrected chi connectivity index (χ3v) is 4.01. The van der Waals surface area contributed by atoms with Gasteiger partial charge in [-0.1, -0.05) is 43.9 Å². The molecule has 3 rings (SSSR count). The Labute approximate surface area is 141 Å². The standard InChI is InChI=1S/C19H19N3O2/c1-19(2)13-22(17(23)16(19)24-3)18-20-11-15(12-21-18)10-9-14-7-5-4-6-8-14/h4-8,11-12,16H,13H2,1-3H3/t16-/m1/s1. The summed E-state index contributed by atoms with van der Waals surface area (Å²) >= 11 is 0. The van der Waals surface area contributed by atoms with Crippen molar-refractivity contribution in [1.82, 2.24) is 9.97 Å². The molecule has 122 valence electrons. The van der Waals surface area contributed by atoms with Crippen LogP contribution in [0.25, 0.3) is 0 Å². The van der Waals surface area contributed by atoms with Crippen molar-refractivity contribution >= 4 is 11.9 Å². The van der Waals surface area contributed by atoms with Gasteiger partial charge in [0.2, 0.25) is 5.95 Å². The van der Waals surface area contributed by atoms with Gasteiger partial charge in [-0.05, 0) is 12.1 Å². The van der Waals surface area contributed by atoms with Gasteiger partial charge in [0.25, 0.3) is 5.91 Å². The Morgan fingerprint density at radius 3 is 2.33 bits per heavy atom. The minimum absolute atomic E-state index is 0.106. The normalized spacial score (nSPS) is 19.0. The first-order valence-electron chi connectivity index (χ1n) is 7.74. The average molecular weight is 321 g/mol. The highest BCUT2D eigenvalue weighted by atomic mass is 16.5. The van der Waals surface area contributed by atoms with E-state index in [9.17, 15) is 4.79 Å². The van der Waals surface area contributed by atoms with Crippen molar-refractivity contribution < 1.29 is 9.53 Å². The van der Waals surface area contributed by atoms with Crippen molar-refractivity contribution in [3.8, 4) is 11.8 Å². The molecule has 5 nitrogen and oxygen atoms in total. The number of carbonyl (C=O) groups excluding carboxylic acids is 1. The zero-order chi connectivity index (χ0) is 17.2. The van der Waals surface area contributed by atoms with Crippen LogP contribution in [0.1, 0.15) is 25.0 Å². The van der Waals surface area contributed by atoms with E-state index in [1.54, 1.807) is 24.4 Å². The highest BCUT2D eigenvalue weighted by molar-refractivity contribution is 5.98. The molecule has 1 aromatic heterocycles. The maximum absolute atomic E-state index is 12.4. The summed E-state index contributed by atoms with van der Waals surface area (Å²) in [6, 6.07) is 9.72. The quantitative estimate of drug-likeness (QED) is 0.796. The van der Waals surface area contributed by atoms with Crippen LogP contribution >= 0.6 is 0 Å². The van der Waals surface area contributed by atoms with Crippen LogP contribution in [0.3, 0.4) is 0 Å². The third kappa shape index (κ3) is 3.15. The second kappa shape index (κ2) is 6.42. The SMILES string of the molecule is CO[C@@H]1C(=O)N(c2ncc(C#Cc3ccccc3)cn2)CC1(C)C. The van der Waals surface area contributed by atoms with E-state index in [1.807, 2.05) is 44.2 Å². The zero-order valence-electron chi connectivity index (χ0n) is 14.0.